The van der Waals surface area contributed by atoms with Gasteiger partial charge < -0.3 is 16.0 Å². The van der Waals surface area contributed by atoms with Crippen molar-refractivity contribution >= 4 is 27.1 Å². The molecule has 0 aliphatic carbocycles. The molecule has 1 aromatic rings. The highest BCUT2D eigenvalue weighted by Crippen LogP contribution is 2.24. The number of fused-ring (bicyclic) bond motifs is 1. The molecule has 1 heterocycles. The van der Waals surface area contributed by atoms with Crippen LogP contribution in [0.1, 0.15) is 6.92 Å². The minimum absolute atomic E-state index is 0.0218. The topological polar surface area (TPSA) is 87.3 Å². The number of hydrogen-bond donors (Lipinski definition) is 3. The van der Waals surface area contributed by atoms with Crippen LogP contribution >= 0.6 is 0 Å². The van der Waals surface area contributed by atoms with E-state index in [1.54, 1.807) is 6.92 Å². The number of nitrogens with one attached hydrogen (secondary N) is 3. The minimum atomic E-state index is -3.05. The molecule has 1 aliphatic rings. The number of para-hydroxylation sites is 2. The third-order valence-electron chi connectivity index (χ3n) is 3.22. The normalized spacial score (nSPS) is 17.6. The third kappa shape index (κ3) is 3.63. The van der Waals surface area contributed by atoms with Crippen molar-refractivity contribution in [2.75, 3.05) is 35.2 Å². The van der Waals surface area contributed by atoms with Gasteiger partial charge in [0.15, 0.2) is 9.84 Å². The fraction of sp³-hybridized carbons (Fsp3) is 0.462. The lowest BCUT2D eigenvalue weighted by atomic mass is 10.1. The van der Waals surface area contributed by atoms with Gasteiger partial charge in [0.1, 0.15) is 6.04 Å². The molecule has 0 fully saturated rings. The first kappa shape index (κ1) is 14.6. The number of sulfone groups is 1. The van der Waals surface area contributed by atoms with Crippen LogP contribution in [0.15, 0.2) is 24.3 Å². The number of hydrogen-bond acceptors (Lipinski definition) is 5. The summed E-state index contributed by atoms with van der Waals surface area (Å²) >= 11 is 0. The van der Waals surface area contributed by atoms with Gasteiger partial charge in [0, 0.05) is 18.8 Å². The van der Waals surface area contributed by atoms with Crippen LogP contribution < -0.4 is 16.0 Å². The lowest BCUT2D eigenvalue weighted by Crippen LogP contribution is -2.47. The van der Waals surface area contributed by atoms with Crippen LogP contribution in [0.2, 0.25) is 0 Å². The van der Waals surface area contributed by atoms with Gasteiger partial charge in [0.25, 0.3) is 0 Å². The van der Waals surface area contributed by atoms with Gasteiger partial charge in [-0.2, -0.15) is 0 Å². The Hall–Kier alpha value is -1.76. The third-order valence-corrected chi connectivity index (χ3v) is 4.93. The summed E-state index contributed by atoms with van der Waals surface area (Å²) in [7, 11) is -3.05. The van der Waals surface area contributed by atoms with Crippen LogP contribution in [0.4, 0.5) is 11.4 Å². The number of amides is 1. The van der Waals surface area contributed by atoms with E-state index in [0.29, 0.717) is 6.54 Å². The largest absolute Gasteiger partial charge is 0.381 e. The summed E-state index contributed by atoms with van der Waals surface area (Å²) in [4.78, 5) is 12.0. The summed E-state index contributed by atoms with van der Waals surface area (Å²) in [5.41, 5.74) is 1.84. The first-order chi connectivity index (χ1) is 9.52. The Morgan fingerprint density at radius 3 is 2.75 bits per heavy atom. The smallest absolute Gasteiger partial charge is 0.244 e. The van der Waals surface area contributed by atoms with E-state index in [4.69, 9.17) is 0 Å². The van der Waals surface area contributed by atoms with E-state index in [-0.39, 0.29) is 24.0 Å². The number of carbonyl (C=O) groups is 1. The van der Waals surface area contributed by atoms with Crippen molar-refractivity contribution in [1.29, 1.82) is 0 Å². The Bertz CT molecular complexity index is 586. The van der Waals surface area contributed by atoms with E-state index in [2.05, 4.69) is 16.0 Å². The second-order valence-electron chi connectivity index (χ2n) is 4.65. The standard InChI is InChI=1S/C13H19N3O3S/c1-2-20(18,19)8-7-14-13(17)12-9-15-10-5-3-4-6-11(10)16-12/h3-6,12,15-16H,2,7-9H2,1H3,(H,14,17). The fourth-order valence-corrected chi connectivity index (χ4v) is 2.67. The van der Waals surface area contributed by atoms with E-state index in [1.165, 1.54) is 0 Å². The molecule has 0 aromatic heterocycles. The Labute approximate surface area is 118 Å². The summed E-state index contributed by atoms with van der Waals surface area (Å²) in [5.74, 6) is -0.121. The molecule has 0 radical (unpaired) electrons. The molecule has 1 unspecified atom stereocenters. The van der Waals surface area contributed by atoms with Crippen molar-refractivity contribution < 1.29 is 13.2 Å². The summed E-state index contributed by atoms with van der Waals surface area (Å²) in [6, 6.07) is 7.24. The average Bonchev–Trinajstić information content (AvgIpc) is 2.46. The molecule has 1 aliphatic heterocycles. The summed E-state index contributed by atoms with van der Waals surface area (Å²) in [5, 5.41) is 8.96. The molecule has 110 valence electrons. The van der Waals surface area contributed by atoms with E-state index in [1.807, 2.05) is 24.3 Å². The van der Waals surface area contributed by atoms with Gasteiger partial charge in [0.05, 0.1) is 17.1 Å². The zero-order valence-electron chi connectivity index (χ0n) is 11.3. The van der Waals surface area contributed by atoms with Crippen LogP contribution in [-0.2, 0) is 14.6 Å². The fourth-order valence-electron chi connectivity index (χ4n) is 1.97. The van der Waals surface area contributed by atoms with Gasteiger partial charge >= 0.3 is 0 Å². The molecule has 1 amide bonds. The molecule has 20 heavy (non-hydrogen) atoms. The van der Waals surface area contributed by atoms with E-state index in [9.17, 15) is 13.2 Å². The van der Waals surface area contributed by atoms with Gasteiger partial charge in [-0.25, -0.2) is 8.42 Å². The van der Waals surface area contributed by atoms with E-state index in [0.717, 1.165) is 11.4 Å². The zero-order chi connectivity index (χ0) is 14.6. The maximum atomic E-state index is 12.0. The molecule has 7 heteroatoms. The average molecular weight is 297 g/mol. The van der Waals surface area contributed by atoms with Crippen molar-refractivity contribution in [2.45, 2.75) is 13.0 Å². The lowest BCUT2D eigenvalue weighted by molar-refractivity contribution is -0.121. The Morgan fingerprint density at radius 2 is 2.05 bits per heavy atom. The monoisotopic (exact) mass is 297 g/mol. The van der Waals surface area contributed by atoms with Crippen LogP contribution in [0.3, 0.4) is 0 Å². The predicted molar refractivity (Wildman–Crippen MR) is 79.7 cm³/mol. The maximum absolute atomic E-state index is 12.0. The highest BCUT2D eigenvalue weighted by Gasteiger charge is 2.23. The van der Waals surface area contributed by atoms with Gasteiger partial charge in [0.2, 0.25) is 5.91 Å². The van der Waals surface area contributed by atoms with Crippen LogP contribution in [0.25, 0.3) is 0 Å². The first-order valence-electron chi connectivity index (χ1n) is 6.59. The summed E-state index contributed by atoms with van der Waals surface area (Å²) in [6.45, 7) is 2.22. The molecule has 0 saturated heterocycles. The summed E-state index contributed by atoms with van der Waals surface area (Å²) in [6.07, 6.45) is 0. The van der Waals surface area contributed by atoms with Crippen LogP contribution in [0.5, 0.6) is 0 Å². The van der Waals surface area contributed by atoms with Gasteiger partial charge in [-0.05, 0) is 12.1 Å². The first-order valence-corrected chi connectivity index (χ1v) is 8.41. The second kappa shape index (κ2) is 6.13. The Kier molecular flexibility index (Phi) is 4.49. The second-order valence-corrected chi connectivity index (χ2v) is 7.12. The van der Waals surface area contributed by atoms with Crippen molar-refractivity contribution in [3.05, 3.63) is 24.3 Å². The molecule has 1 aromatic carbocycles. The van der Waals surface area contributed by atoms with Gasteiger partial charge in [-0.3, -0.25) is 4.79 Å². The van der Waals surface area contributed by atoms with Gasteiger partial charge in [-0.1, -0.05) is 19.1 Å². The SMILES string of the molecule is CCS(=O)(=O)CCNC(=O)C1CNc2ccccc2N1. The number of benzene rings is 1. The van der Waals surface area contributed by atoms with E-state index >= 15 is 0 Å². The number of carbonyl (C=O) groups excluding carboxylic acids is 1. The molecular formula is C13H19N3O3S. The Morgan fingerprint density at radius 1 is 1.35 bits per heavy atom. The van der Waals surface area contributed by atoms with Gasteiger partial charge in [-0.15, -0.1) is 0 Å². The summed E-state index contributed by atoms with van der Waals surface area (Å²) < 4.78 is 22.7. The quantitative estimate of drug-likeness (QED) is 0.734. The molecule has 2 rings (SSSR count). The molecular weight excluding hydrogens is 278 g/mol. The van der Waals surface area contributed by atoms with Crippen molar-refractivity contribution in [1.82, 2.24) is 5.32 Å². The number of rotatable bonds is 5. The molecule has 0 bridgehead atoms. The molecule has 0 saturated carbocycles. The molecule has 3 N–H and O–H groups in total. The number of anilines is 2. The Balaban J connectivity index is 1.86. The highest BCUT2D eigenvalue weighted by atomic mass is 32.2. The van der Waals surface area contributed by atoms with Crippen molar-refractivity contribution in [3.63, 3.8) is 0 Å². The van der Waals surface area contributed by atoms with Crippen molar-refractivity contribution in [3.8, 4) is 0 Å². The molecule has 1 atom stereocenters. The molecule has 6 nitrogen and oxygen atoms in total. The van der Waals surface area contributed by atoms with Crippen molar-refractivity contribution in [2.24, 2.45) is 0 Å². The zero-order valence-corrected chi connectivity index (χ0v) is 12.2. The van der Waals surface area contributed by atoms with Crippen LogP contribution in [0, 0.1) is 0 Å². The van der Waals surface area contributed by atoms with Crippen LogP contribution in [-0.4, -0.2) is 45.0 Å². The maximum Gasteiger partial charge on any atom is 0.244 e. The lowest BCUT2D eigenvalue weighted by Gasteiger charge is -2.27. The minimum Gasteiger partial charge on any atom is -0.381 e. The highest BCUT2D eigenvalue weighted by molar-refractivity contribution is 7.91. The molecule has 0 spiro atoms. The van der Waals surface area contributed by atoms with E-state index < -0.39 is 15.9 Å². The predicted octanol–water partition coefficient (Wildman–Crippen LogP) is 0.444.